The summed E-state index contributed by atoms with van der Waals surface area (Å²) in [4.78, 5) is 89.3. The van der Waals surface area contributed by atoms with E-state index in [-0.39, 0.29) is 51.0 Å². The molecule has 0 aliphatic rings. The Balaban J connectivity index is 1.99. The van der Waals surface area contributed by atoms with Crippen LogP contribution in [-0.2, 0) is 43.0 Å². The SMILES string of the molecule is CCN(CCOC(=O)CCCC(=O)N[C@@H](CCC(=O)OC(C)(C)C)C(=O)N[C@@H](COC(C)(C)C)C(=O)N[C@H](C(=O)O)C(C)C)c1ccc(N=Nc2ccc([N+](=O)[O-])cc2)cc1. The van der Waals surface area contributed by atoms with Gasteiger partial charge in [-0.3, -0.25) is 34.1 Å². The first-order valence-corrected chi connectivity index (χ1v) is 20.1. The lowest BCUT2D eigenvalue weighted by Gasteiger charge is -2.28. The first kappa shape index (κ1) is 51.2. The molecule has 3 atom stereocenters. The molecule has 0 aromatic heterocycles. The Morgan fingerprint density at radius 1 is 0.787 bits per heavy atom. The predicted octanol–water partition coefficient (Wildman–Crippen LogP) is 5.68. The van der Waals surface area contributed by atoms with Gasteiger partial charge in [-0.2, -0.15) is 10.2 Å². The number of ether oxygens (including phenoxy) is 3. The molecule has 0 saturated heterocycles. The third kappa shape index (κ3) is 20.2. The number of hydrogen-bond acceptors (Lipinski definition) is 14. The van der Waals surface area contributed by atoms with E-state index in [1.54, 1.807) is 67.5 Å². The molecule has 19 nitrogen and oxygen atoms in total. The summed E-state index contributed by atoms with van der Waals surface area (Å²) < 4.78 is 16.5. The smallest absolute Gasteiger partial charge is 0.326 e. The highest BCUT2D eigenvalue weighted by molar-refractivity contribution is 5.93. The second kappa shape index (κ2) is 24.3. The average Bonchev–Trinajstić information content (AvgIpc) is 3.16. The lowest BCUT2D eigenvalue weighted by molar-refractivity contribution is -0.384. The lowest BCUT2D eigenvalue weighted by Crippen LogP contribution is -2.58. The van der Waals surface area contributed by atoms with Crippen molar-refractivity contribution in [1.29, 1.82) is 0 Å². The molecule has 0 bridgehead atoms. The fourth-order valence-electron chi connectivity index (χ4n) is 5.44. The van der Waals surface area contributed by atoms with Gasteiger partial charge < -0.3 is 40.2 Å². The van der Waals surface area contributed by atoms with Crippen molar-refractivity contribution >= 4 is 58.4 Å². The van der Waals surface area contributed by atoms with Gasteiger partial charge in [0.15, 0.2) is 0 Å². The third-order valence-corrected chi connectivity index (χ3v) is 8.60. The van der Waals surface area contributed by atoms with E-state index in [0.29, 0.717) is 24.5 Å². The van der Waals surface area contributed by atoms with Gasteiger partial charge in [-0.05, 0) is 104 Å². The van der Waals surface area contributed by atoms with Gasteiger partial charge in [0.05, 0.1) is 35.1 Å². The van der Waals surface area contributed by atoms with Crippen molar-refractivity contribution in [2.75, 3.05) is 31.2 Å². The van der Waals surface area contributed by atoms with Crippen LogP contribution in [0.2, 0.25) is 0 Å². The monoisotopic (exact) mass is 855 g/mol. The number of anilines is 1. The molecule has 61 heavy (non-hydrogen) atoms. The van der Waals surface area contributed by atoms with Crippen LogP contribution in [0.1, 0.15) is 94.4 Å². The molecular weight excluding hydrogens is 794 g/mol. The maximum Gasteiger partial charge on any atom is 0.326 e. The molecular formula is C42H61N7O12. The number of carboxylic acids is 1. The molecule has 0 radical (unpaired) electrons. The van der Waals surface area contributed by atoms with Crippen molar-refractivity contribution in [3.8, 4) is 0 Å². The van der Waals surface area contributed by atoms with Crippen LogP contribution < -0.4 is 20.9 Å². The molecule has 3 amide bonds. The summed E-state index contributed by atoms with van der Waals surface area (Å²) in [5, 5.41) is 36.3. The van der Waals surface area contributed by atoms with Crippen LogP contribution in [0.5, 0.6) is 0 Å². The number of nitrogens with one attached hydrogen (secondary N) is 3. The number of non-ortho nitro benzene ring substituents is 1. The molecule has 0 fully saturated rings. The number of aliphatic carboxylic acids is 1. The van der Waals surface area contributed by atoms with E-state index in [4.69, 9.17) is 14.2 Å². The summed E-state index contributed by atoms with van der Waals surface area (Å²) in [6, 6.07) is 9.00. The van der Waals surface area contributed by atoms with E-state index in [2.05, 4.69) is 26.2 Å². The fraction of sp³-hybridized carbons (Fsp3) is 0.571. The zero-order valence-corrected chi connectivity index (χ0v) is 36.5. The van der Waals surface area contributed by atoms with Gasteiger partial charge in [0.1, 0.15) is 30.3 Å². The lowest BCUT2D eigenvalue weighted by atomic mass is 10.0. The highest BCUT2D eigenvalue weighted by Gasteiger charge is 2.32. The fourth-order valence-corrected chi connectivity index (χ4v) is 5.44. The molecule has 336 valence electrons. The van der Waals surface area contributed by atoms with Gasteiger partial charge in [0.2, 0.25) is 17.7 Å². The molecule has 19 heteroatoms. The minimum Gasteiger partial charge on any atom is -0.480 e. The van der Waals surface area contributed by atoms with Gasteiger partial charge in [0.25, 0.3) is 5.69 Å². The van der Waals surface area contributed by atoms with Crippen LogP contribution in [0.25, 0.3) is 0 Å². The zero-order valence-electron chi connectivity index (χ0n) is 36.5. The summed E-state index contributed by atoms with van der Waals surface area (Å²) >= 11 is 0. The number of carboxylic acid groups (broad SMARTS) is 1. The Morgan fingerprint density at radius 2 is 1.36 bits per heavy atom. The van der Waals surface area contributed by atoms with Gasteiger partial charge in [-0.15, -0.1) is 0 Å². The van der Waals surface area contributed by atoms with E-state index in [0.717, 1.165) is 5.69 Å². The van der Waals surface area contributed by atoms with Crippen molar-refractivity contribution in [3.05, 3.63) is 58.6 Å². The van der Waals surface area contributed by atoms with Gasteiger partial charge in [-0.1, -0.05) is 13.8 Å². The third-order valence-electron chi connectivity index (χ3n) is 8.60. The Bertz CT molecular complexity index is 1820. The molecule has 2 aromatic rings. The topological polar surface area (TPSA) is 258 Å². The Labute approximate surface area is 356 Å². The van der Waals surface area contributed by atoms with Crippen molar-refractivity contribution in [2.24, 2.45) is 16.1 Å². The molecule has 4 N–H and O–H groups in total. The summed E-state index contributed by atoms with van der Waals surface area (Å²) in [7, 11) is 0. The van der Waals surface area contributed by atoms with Crippen molar-refractivity contribution < 1.29 is 53.0 Å². The van der Waals surface area contributed by atoms with Crippen molar-refractivity contribution in [1.82, 2.24) is 16.0 Å². The molecule has 0 saturated carbocycles. The van der Waals surface area contributed by atoms with Crippen LogP contribution in [-0.4, -0.2) is 101 Å². The molecule has 0 spiro atoms. The van der Waals surface area contributed by atoms with Crippen LogP contribution in [0.3, 0.4) is 0 Å². The largest absolute Gasteiger partial charge is 0.480 e. The second-order valence-corrected chi connectivity index (χ2v) is 16.4. The molecule has 2 aromatic carbocycles. The number of carbonyl (C=O) groups excluding carboxylic acids is 5. The molecule has 0 unspecified atom stereocenters. The number of amides is 3. The number of nitro groups is 1. The Hall–Kier alpha value is -5.98. The normalized spacial score (nSPS) is 13.1. The maximum absolute atomic E-state index is 13.6. The maximum atomic E-state index is 13.6. The molecule has 0 aliphatic carbocycles. The number of hydrogen-bond donors (Lipinski definition) is 4. The minimum absolute atomic E-state index is 0.0425. The average molecular weight is 856 g/mol. The number of rotatable bonds is 24. The Morgan fingerprint density at radius 3 is 1.87 bits per heavy atom. The number of azo groups is 1. The number of nitro benzene ring substituents is 1. The van der Waals surface area contributed by atoms with Crippen LogP contribution in [0, 0.1) is 16.0 Å². The highest BCUT2D eigenvalue weighted by Crippen LogP contribution is 2.24. The first-order valence-electron chi connectivity index (χ1n) is 20.1. The van der Waals surface area contributed by atoms with Gasteiger partial charge >= 0.3 is 17.9 Å². The van der Waals surface area contributed by atoms with E-state index < -0.39 is 75.8 Å². The number of likely N-dealkylation sites (N-methyl/N-ethyl adjacent to an activating group) is 1. The summed E-state index contributed by atoms with van der Waals surface area (Å²) in [5.41, 5.74) is 0.315. The summed E-state index contributed by atoms with van der Waals surface area (Å²) in [5.74, 6) is -5.09. The molecule has 2 rings (SSSR count). The first-order chi connectivity index (χ1) is 28.5. The predicted molar refractivity (Wildman–Crippen MR) is 225 cm³/mol. The number of carbonyl (C=O) groups is 6. The van der Waals surface area contributed by atoms with Gasteiger partial charge in [-0.25, -0.2) is 4.79 Å². The summed E-state index contributed by atoms with van der Waals surface area (Å²) in [6.45, 7) is 16.2. The number of benzene rings is 2. The quantitative estimate of drug-likeness (QED) is 0.0429. The van der Waals surface area contributed by atoms with Crippen molar-refractivity contribution in [3.63, 3.8) is 0 Å². The molecule has 0 heterocycles. The molecule has 0 aliphatic heterocycles. The zero-order chi connectivity index (χ0) is 45.9. The number of esters is 2. The standard InChI is InChI=1S/C42H61N7O12/c1-10-48(30-18-14-28(15-19-30)46-47-29-16-20-31(21-17-29)49(57)58)24-25-59-35(51)13-11-12-34(50)43-32(22-23-36(52)61-42(7,8)9)38(53)44-33(26-60-41(4,5)6)39(54)45-37(27(2)3)40(55)56/h14-21,27,32-33,37H,10-13,22-26H2,1-9H3,(H,43,50)(H,44,53)(H,45,54)(H,55,56)/t32-,33-,37-/m0/s1. The number of nitrogens with zero attached hydrogens (tertiary/aromatic N) is 4. The Kier molecular flexibility index (Phi) is 20.4. The van der Waals surface area contributed by atoms with E-state index in [1.807, 2.05) is 24.0 Å². The van der Waals surface area contributed by atoms with Gasteiger partial charge in [0, 0.05) is 43.6 Å². The van der Waals surface area contributed by atoms with Crippen LogP contribution in [0.15, 0.2) is 58.8 Å². The second-order valence-electron chi connectivity index (χ2n) is 16.4. The van der Waals surface area contributed by atoms with E-state index in [9.17, 15) is 44.0 Å². The summed E-state index contributed by atoms with van der Waals surface area (Å²) in [6.07, 6.45) is -0.591. The minimum atomic E-state index is -1.35. The van der Waals surface area contributed by atoms with Crippen LogP contribution >= 0.6 is 0 Å². The van der Waals surface area contributed by atoms with Crippen molar-refractivity contribution in [2.45, 2.75) is 124 Å². The van der Waals surface area contributed by atoms with E-state index >= 15 is 0 Å². The van der Waals surface area contributed by atoms with Crippen LogP contribution in [0.4, 0.5) is 22.7 Å². The van der Waals surface area contributed by atoms with E-state index in [1.165, 1.54) is 24.3 Å². The highest BCUT2D eigenvalue weighted by atomic mass is 16.6.